The Balaban J connectivity index is 1.41. The van der Waals surface area contributed by atoms with Crippen LogP contribution in [0.3, 0.4) is 0 Å². The topological polar surface area (TPSA) is 91.4 Å². The number of hydrogen-bond acceptors (Lipinski definition) is 6. The van der Waals surface area contributed by atoms with Gasteiger partial charge in [0.15, 0.2) is 5.67 Å². The lowest BCUT2D eigenvalue weighted by atomic mass is 10.0. The van der Waals surface area contributed by atoms with Gasteiger partial charge in [-0.25, -0.2) is 13.8 Å². The van der Waals surface area contributed by atoms with E-state index in [0.29, 0.717) is 30.5 Å². The van der Waals surface area contributed by atoms with Crippen molar-refractivity contribution in [3.05, 3.63) is 40.8 Å². The number of thiol groups is 1. The number of hydrogen-bond donors (Lipinski definition) is 3. The summed E-state index contributed by atoms with van der Waals surface area (Å²) in [5.41, 5.74) is 1.54. The SMILES string of the molecule is Cc1ncsc1-c1ccc(CNC(=O)C2CCCN2C(=O)C(NC(=O)C2(F)CC2)C(C)(C)S)cc1F. The Morgan fingerprint density at radius 2 is 2.06 bits per heavy atom. The first-order chi connectivity index (χ1) is 16.9. The molecule has 36 heavy (non-hydrogen) atoms. The van der Waals surface area contributed by atoms with Crippen molar-refractivity contribution in [2.24, 2.45) is 0 Å². The van der Waals surface area contributed by atoms with E-state index in [9.17, 15) is 23.2 Å². The van der Waals surface area contributed by atoms with Gasteiger partial charge in [-0.05, 0) is 58.1 Å². The van der Waals surface area contributed by atoms with Crippen LogP contribution >= 0.6 is 24.0 Å². The van der Waals surface area contributed by atoms with E-state index in [1.54, 1.807) is 31.5 Å². The highest BCUT2D eigenvalue weighted by atomic mass is 32.1. The van der Waals surface area contributed by atoms with Crippen molar-refractivity contribution in [1.29, 1.82) is 0 Å². The van der Waals surface area contributed by atoms with Crippen LogP contribution in [0.25, 0.3) is 10.4 Å². The second-order valence-corrected chi connectivity index (χ2v) is 12.0. The second kappa shape index (κ2) is 10.1. The van der Waals surface area contributed by atoms with Crippen LogP contribution in [-0.4, -0.2) is 56.6 Å². The van der Waals surface area contributed by atoms with Gasteiger partial charge < -0.3 is 15.5 Å². The van der Waals surface area contributed by atoms with Crippen molar-refractivity contribution < 1.29 is 23.2 Å². The first kappa shape index (κ1) is 26.5. The first-order valence-electron chi connectivity index (χ1n) is 11.9. The first-order valence-corrected chi connectivity index (χ1v) is 13.2. The van der Waals surface area contributed by atoms with E-state index in [1.165, 1.54) is 22.3 Å². The molecule has 2 unspecified atom stereocenters. The van der Waals surface area contributed by atoms with Gasteiger partial charge in [0, 0.05) is 23.4 Å². The molecule has 1 aliphatic carbocycles. The average molecular weight is 537 g/mol. The van der Waals surface area contributed by atoms with E-state index >= 15 is 0 Å². The summed E-state index contributed by atoms with van der Waals surface area (Å²) in [6.45, 7) is 5.58. The van der Waals surface area contributed by atoms with Gasteiger partial charge in [-0.2, -0.15) is 12.6 Å². The Morgan fingerprint density at radius 1 is 1.33 bits per heavy atom. The minimum absolute atomic E-state index is 0.0961. The van der Waals surface area contributed by atoms with E-state index in [1.807, 2.05) is 6.92 Å². The Labute approximate surface area is 218 Å². The zero-order valence-corrected chi connectivity index (χ0v) is 22.1. The van der Waals surface area contributed by atoms with Gasteiger partial charge in [-0.1, -0.05) is 12.1 Å². The van der Waals surface area contributed by atoms with E-state index in [-0.39, 0.29) is 25.3 Å². The number of carbonyl (C=O) groups is 3. The normalized spacial score (nSPS) is 19.6. The number of rotatable bonds is 8. The van der Waals surface area contributed by atoms with Crippen LogP contribution in [0.5, 0.6) is 0 Å². The van der Waals surface area contributed by atoms with Crippen LogP contribution in [0.4, 0.5) is 8.78 Å². The molecule has 0 bridgehead atoms. The van der Waals surface area contributed by atoms with Gasteiger partial charge in [-0.15, -0.1) is 11.3 Å². The number of nitrogens with one attached hydrogen (secondary N) is 2. The summed E-state index contributed by atoms with van der Waals surface area (Å²) in [5.74, 6) is -2.06. The fourth-order valence-corrected chi connectivity index (χ4v) is 5.33. The van der Waals surface area contributed by atoms with E-state index in [2.05, 4.69) is 28.2 Å². The van der Waals surface area contributed by atoms with Crippen LogP contribution in [0.2, 0.25) is 0 Å². The van der Waals surface area contributed by atoms with Crippen molar-refractivity contribution >= 4 is 41.7 Å². The van der Waals surface area contributed by atoms with Crippen molar-refractivity contribution in [2.75, 3.05) is 6.54 Å². The van der Waals surface area contributed by atoms with Crippen molar-refractivity contribution in [2.45, 2.75) is 75.5 Å². The van der Waals surface area contributed by atoms with Crippen LogP contribution in [0.15, 0.2) is 23.7 Å². The Morgan fingerprint density at radius 3 is 2.64 bits per heavy atom. The standard InChI is InChI=1S/C25H30F2N4O3S2/c1-14-19(36-13-29-14)16-7-6-15(11-17(16)26)12-28-21(32)18-5-4-10-31(18)22(33)20(24(2,3)35)30-23(34)25(27)8-9-25/h6-7,11,13,18,20,35H,4-5,8-10,12H2,1-3H3,(H,28,32)(H,30,34). The van der Waals surface area contributed by atoms with Gasteiger partial charge in [0.05, 0.1) is 16.1 Å². The summed E-state index contributed by atoms with van der Waals surface area (Å²) in [4.78, 5) is 45.1. The summed E-state index contributed by atoms with van der Waals surface area (Å²) in [7, 11) is 0. The molecule has 2 aromatic rings. The third-order valence-electron chi connectivity index (χ3n) is 6.65. The van der Waals surface area contributed by atoms with Crippen LogP contribution in [0.1, 0.15) is 50.8 Å². The molecule has 1 aromatic heterocycles. The van der Waals surface area contributed by atoms with Crippen molar-refractivity contribution in [1.82, 2.24) is 20.5 Å². The molecular weight excluding hydrogens is 506 g/mol. The molecule has 0 spiro atoms. The summed E-state index contributed by atoms with van der Waals surface area (Å²) >= 11 is 5.83. The maximum Gasteiger partial charge on any atom is 0.258 e. The van der Waals surface area contributed by atoms with Gasteiger partial charge in [-0.3, -0.25) is 14.4 Å². The van der Waals surface area contributed by atoms with Crippen LogP contribution in [-0.2, 0) is 20.9 Å². The minimum Gasteiger partial charge on any atom is -0.350 e. The molecule has 3 amide bonds. The third-order valence-corrected chi connectivity index (χ3v) is 7.87. The fourth-order valence-electron chi connectivity index (χ4n) is 4.33. The number of nitrogens with zero attached hydrogens (tertiary/aromatic N) is 2. The zero-order valence-electron chi connectivity index (χ0n) is 20.4. The molecule has 2 atom stereocenters. The lowest BCUT2D eigenvalue weighted by Gasteiger charge is -2.35. The summed E-state index contributed by atoms with van der Waals surface area (Å²) in [6.07, 6.45) is 1.33. The molecule has 2 fully saturated rings. The molecule has 11 heteroatoms. The molecule has 1 saturated carbocycles. The molecular formula is C25H30F2N4O3S2. The monoisotopic (exact) mass is 536 g/mol. The lowest BCUT2D eigenvalue weighted by Crippen LogP contribution is -2.60. The molecule has 1 saturated heterocycles. The third kappa shape index (κ3) is 5.56. The molecule has 2 N–H and O–H groups in total. The van der Waals surface area contributed by atoms with E-state index < -0.39 is 40.1 Å². The average Bonchev–Trinajstić information content (AvgIpc) is 3.20. The molecule has 1 aromatic carbocycles. The molecule has 2 aliphatic rings. The highest BCUT2D eigenvalue weighted by Gasteiger charge is 2.53. The quantitative estimate of drug-likeness (QED) is 0.450. The van der Waals surface area contributed by atoms with Crippen molar-refractivity contribution in [3.63, 3.8) is 0 Å². The predicted molar refractivity (Wildman–Crippen MR) is 137 cm³/mol. The fraction of sp³-hybridized carbons (Fsp3) is 0.520. The summed E-state index contributed by atoms with van der Waals surface area (Å²) in [6, 6.07) is 2.97. The molecule has 1 aliphatic heterocycles. The maximum absolute atomic E-state index is 14.7. The molecule has 194 valence electrons. The van der Waals surface area contributed by atoms with Gasteiger partial charge >= 0.3 is 0 Å². The minimum atomic E-state index is -1.93. The van der Waals surface area contributed by atoms with Crippen LogP contribution < -0.4 is 10.6 Å². The van der Waals surface area contributed by atoms with Gasteiger partial charge in [0.1, 0.15) is 17.9 Å². The number of halogens is 2. The predicted octanol–water partition coefficient (Wildman–Crippen LogP) is 3.56. The Hall–Kier alpha value is -2.53. The number of aryl methyl sites for hydroxylation is 1. The molecule has 7 nitrogen and oxygen atoms in total. The highest BCUT2D eigenvalue weighted by molar-refractivity contribution is 7.81. The molecule has 4 rings (SSSR count). The number of aromatic nitrogens is 1. The Bertz CT molecular complexity index is 1180. The van der Waals surface area contributed by atoms with Crippen molar-refractivity contribution in [3.8, 4) is 10.4 Å². The summed E-state index contributed by atoms with van der Waals surface area (Å²) in [5, 5.41) is 5.32. The van der Waals surface area contributed by atoms with Gasteiger partial charge in [0.2, 0.25) is 11.8 Å². The second-order valence-electron chi connectivity index (χ2n) is 10.0. The number of carbonyl (C=O) groups excluding carboxylic acids is 3. The maximum atomic E-state index is 14.7. The lowest BCUT2D eigenvalue weighted by molar-refractivity contribution is -0.142. The highest BCUT2D eigenvalue weighted by Crippen LogP contribution is 2.40. The number of thiazole rings is 1. The smallest absolute Gasteiger partial charge is 0.258 e. The number of alkyl halides is 1. The van der Waals surface area contributed by atoms with E-state index in [0.717, 1.165) is 10.6 Å². The molecule has 2 heterocycles. The largest absolute Gasteiger partial charge is 0.350 e. The van der Waals surface area contributed by atoms with Crippen LogP contribution in [0, 0.1) is 12.7 Å². The Kier molecular flexibility index (Phi) is 7.43. The zero-order chi connectivity index (χ0) is 26.3. The molecule has 0 radical (unpaired) electrons. The van der Waals surface area contributed by atoms with E-state index in [4.69, 9.17) is 0 Å². The number of likely N-dealkylation sites (tertiary alicyclic amines) is 1. The number of amides is 3. The number of benzene rings is 1. The van der Waals surface area contributed by atoms with Gasteiger partial charge in [0.25, 0.3) is 5.91 Å². The summed E-state index contributed by atoms with van der Waals surface area (Å²) < 4.78 is 28.0.